The number of thiophene rings is 1. The molecule has 1 aromatic heterocycles. The van der Waals surface area contributed by atoms with Crippen molar-refractivity contribution < 1.29 is 19.1 Å². The zero-order chi connectivity index (χ0) is 14.8. The third-order valence-corrected chi connectivity index (χ3v) is 4.92. The fourth-order valence-corrected chi connectivity index (χ4v) is 3.93. The molecule has 21 heavy (non-hydrogen) atoms. The van der Waals surface area contributed by atoms with Gasteiger partial charge >= 0.3 is 5.97 Å². The van der Waals surface area contributed by atoms with Crippen molar-refractivity contribution >= 4 is 28.2 Å². The molecule has 6 nitrogen and oxygen atoms in total. The van der Waals surface area contributed by atoms with E-state index in [0.717, 1.165) is 42.8 Å². The molecular formula is C14H18N2O4S. The summed E-state index contributed by atoms with van der Waals surface area (Å²) in [5.41, 5.74) is 1.50. The number of esters is 1. The van der Waals surface area contributed by atoms with Crippen LogP contribution in [-0.4, -0.2) is 38.2 Å². The first-order chi connectivity index (χ1) is 10.2. The molecule has 1 saturated heterocycles. The first-order valence-corrected chi connectivity index (χ1v) is 7.88. The predicted molar refractivity (Wildman–Crippen MR) is 78.7 cm³/mol. The lowest BCUT2D eigenvalue weighted by Crippen LogP contribution is -2.27. The second-order valence-corrected chi connectivity index (χ2v) is 6.22. The Morgan fingerprint density at radius 3 is 3.05 bits per heavy atom. The summed E-state index contributed by atoms with van der Waals surface area (Å²) in [5, 5.41) is 6.70. The Hall–Kier alpha value is -1.44. The Labute approximate surface area is 126 Å². The summed E-state index contributed by atoms with van der Waals surface area (Å²) in [4.78, 5) is 25.3. The maximum Gasteiger partial charge on any atom is 0.341 e. The number of anilines is 1. The second kappa shape index (κ2) is 6.13. The number of carbonyl (C=O) groups excluding carboxylic acids is 2. The van der Waals surface area contributed by atoms with Crippen molar-refractivity contribution in [2.24, 2.45) is 0 Å². The summed E-state index contributed by atoms with van der Waals surface area (Å²) >= 11 is 1.44. The van der Waals surface area contributed by atoms with Crippen molar-refractivity contribution in [1.29, 1.82) is 0 Å². The number of hydrogen-bond acceptors (Lipinski definition) is 6. The number of amides is 1. The van der Waals surface area contributed by atoms with Crippen molar-refractivity contribution in [2.45, 2.75) is 31.9 Å². The zero-order valence-electron chi connectivity index (χ0n) is 11.9. The van der Waals surface area contributed by atoms with Gasteiger partial charge in [-0.2, -0.15) is 0 Å². The topological polar surface area (TPSA) is 76.7 Å². The van der Waals surface area contributed by atoms with Crippen LogP contribution in [0.4, 0.5) is 5.00 Å². The molecule has 0 bridgehead atoms. The van der Waals surface area contributed by atoms with Gasteiger partial charge < -0.3 is 20.1 Å². The molecule has 114 valence electrons. The van der Waals surface area contributed by atoms with Crippen LogP contribution < -0.4 is 10.6 Å². The first-order valence-electron chi connectivity index (χ1n) is 7.06. The molecule has 0 aliphatic carbocycles. The van der Waals surface area contributed by atoms with Crippen molar-refractivity contribution in [3.63, 3.8) is 0 Å². The van der Waals surface area contributed by atoms with Crippen molar-refractivity contribution in [3.05, 3.63) is 16.0 Å². The third kappa shape index (κ3) is 2.81. The Bertz CT molecular complexity index is 564. The van der Waals surface area contributed by atoms with E-state index in [-0.39, 0.29) is 5.91 Å². The SMILES string of the molecule is COC(=O)c1c(NC(=O)[C@H]2CCCO2)sc2c1CCNC2. The van der Waals surface area contributed by atoms with E-state index in [4.69, 9.17) is 9.47 Å². The monoisotopic (exact) mass is 310 g/mol. The van der Waals surface area contributed by atoms with E-state index < -0.39 is 12.1 Å². The van der Waals surface area contributed by atoms with Crippen LogP contribution in [0.5, 0.6) is 0 Å². The van der Waals surface area contributed by atoms with Gasteiger partial charge in [0.05, 0.1) is 12.7 Å². The number of nitrogens with one attached hydrogen (secondary N) is 2. The highest BCUT2D eigenvalue weighted by molar-refractivity contribution is 7.17. The van der Waals surface area contributed by atoms with Gasteiger partial charge in [0, 0.05) is 18.0 Å². The van der Waals surface area contributed by atoms with Crippen LogP contribution in [0.3, 0.4) is 0 Å². The lowest BCUT2D eigenvalue weighted by atomic mass is 10.0. The van der Waals surface area contributed by atoms with Gasteiger partial charge in [0.2, 0.25) is 0 Å². The molecule has 1 amide bonds. The van der Waals surface area contributed by atoms with Crippen molar-refractivity contribution in [1.82, 2.24) is 5.32 Å². The van der Waals surface area contributed by atoms with E-state index in [1.165, 1.54) is 18.4 Å². The van der Waals surface area contributed by atoms with Crippen LogP contribution in [-0.2, 0) is 27.2 Å². The predicted octanol–water partition coefficient (Wildman–Crippen LogP) is 1.30. The van der Waals surface area contributed by atoms with Gasteiger partial charge in [-0.1, -0.05) is 0 Å². The minimum atomic E-state index is -0.409. The summed E-state index contributed by atoms with van der Waals surface area (Å²) in [6.45, 7) is 2.17. The second-order valence-electron chi connectivity index (χ2n) is 5.12. The van der Waals surface area contributed by atoms with Crippen LogP contribution in [0.2, 0.25) is 0 Å². The van der Waals surface area contributed by atoms with E-state index >= 15 is 0 Å². The maximum atomic E-state index is 12.2. The van der Waals surface area contributed by atoms with E-state index in [2.05, 4.69) is 10.6 Å². The molecule has 1 atom stereocenters. The molecular weight excluding hydrogens is 292 g/mol. The highest BCUT2D eigenvalue weighted by Gasteiger charge is 2.29. The molecule has 0 radical (unpaired) electrons. The Kier molecular flexibility index (Phi) is 4.23. The number of rotatable bonds is 3. The van der Waals surface area contributed by atoms with Gasteiger partial charge in [-0.3, -0.25) is 4.79 Å². The standard InChI is InChI=1S/C14H18N2O4S/c1-19-14(18)11-8-4-5-15-7-10(8)21-13(11)16-12(17)9-3-2-6-20-9/h9,15H,2-7H2,1H3,(H,16,17)/t9-/m1/s1. The lowest BCUT2D eigenvalue weighted by molar-refractivity contribution is -0.124. The summed E-state index contributed by atoms with van der Waals surface area (Å²) in [5.74, 6) is -0.568. The molecule has 0 unspecified atom stereocenters. The normalized spacial score (nSPS) is 20.9. The molecule has 2 aliphatic heterocycles. The minimum Gasteiger partial charge on any atom is -0.465 e. The average molecular weight is 310 g/mol. The Morgan fingerprint density at radius 2 is 2.33 bits per heavy atom. The van der Waals surface area contributed by atoms with E-state index in [1.54, 1.807) is 0 Å². The molecule has 0 saturated carbocycles. The number of methoxy groups -OCH3 is 1. The van der Waals surface area contributed by atoms with Crippen molar-refractivity contribution in [2.75, 3.05) is 25.6 Å². The largest absolute Gasteiger partial charge is 0.465 e. The number of hydrogen-bond donors (Lipinski definition) is 2. The molecule has 1 fully saturated rings. The molecule has 2 aliphatic rings. The summed E-state index contributed by atoms with van der Waals surface area (Å²) < 4.78 is 10.3. The quantitative estimate of drug-likeness (QED) is 0.823. The molecule has 2 N–H and O–H groups in total. The van der Waals surface area contributed by atoms with Gasteiger partial charge in [-0.05, 0) is 31.4 Å². The van der Waals surface area contributed by atoms with Crippen LogP contribution >= 0.6 is 11.3 Å². The van der Waals surface area contributed by atoms with Gasteiger partial charge in [0.25, 0.3) is 5.91 Å². The Balaban J connectivity index is 1.88. The number of fused-ring (bicyclic) bond motifs is 1. The van der Waals surface area contributed by atoms with Gasteiger partial charge in [-0.25, -0.2) is 4.79 Å². The summed E-state index contributed by atoms with van der Waals surface area (Å²) in [6.07, 6.45) is 1.98. The zero-order valence-corrected chi connectivity index (χ0v) is 12.7. The molecule has 1 aromatic rings. The van der Waals surface area contributed by atoms with E-state index in [1.807, 2.05) is 0 Å². The molecule has 0 spiro atoms. The fourth-order valence-electron chi connectivity index (χ4n) is 2.72. The highest BCUT2D eigenvalue weighted by Crippen LogP contribution is 2.36. The lowest BCUT2D eigenvalue weighted by Gasteiger charge is -2.13. The van der Waals surface area contributed by atoms with E-state index in [9.17, 15) is 9.59 Å². The smallest absolute Gasteiger partial charge is 0.341 e. The van der Waals surface area contributed by atoms with E-state index in [0.29, 0.717) is 17.2 Å². The average Bonchev–Trinajstić information content (AvgIpc) is 3.13. The molecule has 0 aromatic carbocycles. The maximum absolute atomic E-state index is 12.2. The van der Waals surface area contributed by atoms with Crippen LogP contribution in [0.15, 0.2) is 0 Å². The minimum absolute atomic E-state index is 0.177. The van der Waals surface area contributed by atoms with Crippen LogP contribution in [0.1, 0.15) is 33.6 Å². The van der Waals surface area contributed by atoms with Crippen LogP contribution in [0, 0.1) is 0 Å². The summed E-state index contributed by atoms with van der Waals surface area (Å²) in [6, 6.07) is 0. The first kappa shape index (κ1) is 14.5. The number of ether oxygens (including phenoxy) is 2. The van der Waals surface area contributed by atoms with Gasteiger partial charge in [0.15, 0.2) is 0 Å². The number of carbonyl (C=O) groups is 2. The molecule has 7 heteroatoms. The van der Waals surface area contributed by atoms with Gasteiger partial charge in [-0.15, -0.1) is 11.3 Å². The van der Waals surface area contributed by atoms with Crippen molar-refractivity contribution in [3.8, 4) is 0 Å². The molecule has 3 rings (SSSR count). The Morgan fingerprint density at radius 1 is 1.48 bits per heavy atom. The summed E-state index contributed by atoms with van der Waals surface area (Å²) in [7, 11) is 1.36. The highest BCUT2D eigenvalue weighted by atomic mass is 32.1. The van der Waals surface area contributed by atoms with Gasteiger partial charge in [0.1, 0.15) is 11.1 Å². The third-order valence-electron chi connectivity index (χ3n) is 3.78. The fraction of sp³-hybridized carbons (Fsp3) is 0.571. The molecule has 3 heterocycles. The van der Waals surface area contributed by atoms with Crippen LogP contribution in [0.25, 0.3) is 0 Å².